The van der Waals surface area contributed by atoms with Crippen molar-refractivity contribution in [3.05, 3.63) is 11.3 Å². The Labute approximate surface area is 159 Å². The largest absolute Gasteiger partial charge is 0.511 e. The van der Waals surface area contributed by atoms with Crippen LogP contribution in [0.3, 0.4) is 0 Å². The van der Waals surface area contributed by atoms with E-state index in [4.69, 9.17) is 0 Å². The molecule has 0 saturated heterocycles. The summed E-state index contributed by atoms with van der Waals surface area (Å²) in [5, 5.41) is 33.2. The van der Waals surface area contributed by atoms with Crippen LogP contribution in [0.2, 0.25) is 0 Å². The van der Waals surface area contributed by atoms with Crippen molar-refractivity contribution >= 4 is 17.3 Å². The maximum Gasteiger partial charge on any atom is 0.210 e. The van der Waals surface area contributed by atoms with Gasteiger partial charge >= 0.3 is 0 Å². The van der Waals surface area contributed by atoms with Gasteiger partial charge in [-0.3, -0.25) is 14.4 Å². The summed E-state index contributed by atoms with van der Waals surface area (Å²) in [6.07, 6.45) is 0.492. The third kappa shape index (κ3) is 2.11. The fraction of sp³-hybridized carbons (Fsp3) is 0.762. The zero-order chi connectivity index (χ0) is 20.7. The Morgan fingerprint density at radius 2 is 1.85 bits per heavy atom. The minimum absolute atomic E-state index is 0.0588. The number of carbonyl (C=O) groups is 3. The third-order valence-corrected chi connectivity index (χ3v) is 7.73. The Morgan fingerprint density at radius 1 is 1.30 bits per heavy atom. The lowest BCUT2D eigenvalue weighted by Crippen LogP contribution is -2.53. The Morgan fingerprint density at radius 3 is 2.33 bits per heavy atom. The van der Waals surface area contributed by atoms with Crippen molar-refractivity contribution in [3.8, 4) is 0 Å². The second-order valence-electron chi connectivity index (χ2n) is 9.82. The van der Waals surface area contributed by atoms with Gasteiger partial charge in [0, 0.05) is 12.3 Å². The number of ketones is 3. The molecule has 2 fully saturated rings. The average molecular weight is 378 g/mol. The summed E-state index contributed by atoms with van der Waals surface area (Å²) in [7, 11) is 0. The van der Waals surface area contributed by atoms with Gasteiger partial charge in [0.2, 0.25) is 5.78 Å². The van der Waals surface area contributed by atoms with Gasteiger partial charge in [0.05, 0.1) is 11.0 Å². The standard InChI is InChI=1S/C21H30O6/c1-7-10(2)15(23)14-16(24)20-9-12(19(5,6)26)18(3,4)11(20)8-13(22)21(20,27)17(14)25/h10-12,24,26-27H,7-9H2,1-6H3/t10-,11-,12-,20-,21+/m0/s1. The molecule has 6 heteroatoms. The zero-order valence-electron chi connectivity index (χ0n) is 16.9. The first-order chi connectivity index (χ1) is 12.2. The molecule has 3 aliphatic rings. The maximum absolute atomic E-state index is 13.1. The van der Waals surface area contributed by atoms with Crippen LogP contribution >= 0.6 is 0 Å². The van der Waals surface area contributed by atoms with Crippen molar-refractivity contribution in [1.29, 1.82) is 0 Å². The van der Waals surface area contributed by atoms with Gasteiger partial charge in [-0.2, -0.15) is 0 Å². The first-order valence-electron chi connectivity index (χ1n) is 9.69. The second kappa shape index (κ2) is 5.51. The number of rotatable bonds is 4. The molecule has 6 nitrogen and oxygen atoms in total. The van der Waals surface area contributed by atoms with Crippen molar-refractivity contribution in [1.82, 2.24) is 0 Å². The van der Waals surface area contributed by atoms with Gasteiger partial charge in [-0.1, -0.05) is 27.7 Å². The fourth-order valence-electron chi connectivity index (χ4n) is 6.12. The van der Waals surface area contributed by atoms with E-state index in [1.165, 1.54) is 0 Å². The lowest BCUT2D eigenvalue weighted by Gasteiger charge is -2.39. The molecular formula is C21H30O6. The highest BCUT2D eigenvalue weighted by Crippen LogP contribution is 2.73. The molecule has 0 radical (unpaired) electrons. The predicted octanol–water partition coefficient (Wildman–Crippen LogP) is 2.12. The summed E-state index contributed by atoms with van der Waals surface area (Å²) in [4.78, 5) is 38.7. The molecular weight excluding hydrogens is 348 g/mol. The molecule has 3 aliphatic carbocycles. The highest BCUT2D eigenvalue weighted by atomic mass is 16.3. The molecule has 150 valence electrons. The monoisotopic (exact) mass is 378 g/mol. The Bertz CT molecular complexity index is 770. The van der Waals surface area contributed by atoms with E-state index in [1.54, 1.807) is 27.7 Å². The quantitative estimate of drug-likeness (QED) is 0.510. The van der Waals surface area contributed by atoms with E-state index in [1.807, 2.05) is 13.8 Å². The SMILES string of the molecule is CC[C@H](C)C(=O)C1=C(O)[C@]23C[C@H](C(C)(C)O)C(C)(C)[C@@H]2CC(=O)[C@@]3(O)C1=O. The molecule has 2 saturated carbocycles. The maximum atomic E-state index is 13.1. The second-order valence-corrected chi connectivity index (χ2v) is 9.82. The first kappa shape index (κ1) is 20.2. The highest BCUT2D eigenvalue weighted by Gasteiger charge is 2.81. The average Bonchev–Trinajstić information content (AvgIpc) is 3.01. The molecule has 0 heterocycles. The normalized spacial score (nSPS) is 39.0. The van der Waals surface area contributed by atoms with Gasteiger partial charge in [-0.05, 0) is 43.9 Å². The van der Waals surface area contributed by atoms with E-state index < -0.39 is 62.5 Å². The smallest absolute Gasteiger partial charge is 0.210 e. The van der Waals surface area contributed by atoms with E-state index in [0.717, 1.165) is 0 Å². The van der Waals surface area contributed by atoms with Gasteiger partial charge in [0.1, 0.15) is 11.3 Å². The molecule has 0 bridgehead atoms. The van der Waals surface area contributed by atoms with Gasteiger partial charge in [0.15, 0.2) is 17.2 Å². The van der Waals surface area contributed by atoms with Crippen LogP contribution in [0.25, 0.3) is 0 Å². The number of aliphatic hydroxyl groups excluding tert-OH is 1. The molecule has 27 heavy (non-hydrogen) atoms. The molecule has 3 rings (SSSR count). The molecule has 0 aromatic carbocycles. The van der Waals surface area contributed by atoms with Crippen LogP contribution in [0.1, 0.15) is 60.8 Å². The van der Waals surface area contributed by atoms with Crippen LogP contribution in [0.5, 0.6) is 0 Å². The van der Waals surface area contributed by atoms with E-state index in [0.29, 0.717) is 6.42 Å². The molecule has 0 aliphatic heterocycles. The van der Waals surface area contributed by atoms with Crippen molar-refractivity contribution in [2.75, 3.05) is 0 Å². The molecule has 0 aromatic rings. The summed E-state index contributed by atoms with van der Waals surface area (Å²) in [6, 6.07) is 0. The first-order valence-corrected chi connectivity index (χ1v) is 9.69. The molecule has 5 atom stereocenters. The number of carbonyl (C=O) groups excluding carboxylic acids is 3. The van der Waals surface area contributed by atoms with E-state index in [2.05, 4.69) is 0 Å². The molecule has 0 unspecified atom stereocenters. The van der Waals surface area contributed by atoms with E-state index >= 15 is 0 Å². The van der Waals surface area contributed by atoms with Gasteiger partial charge < -0.3 is 15.3 Å². The van der Waals surface area contributed by atoms with Crippen LogP contribution in [-0.4, -0.2) is 43.9 Å². The zero-order valence-corrected chi connectivity index (χ0v) is 16.9. The molecule has 0 amide bonds. The van der Waals surface area contributed by atoms with Gasteiger partial charge in [-0.15, -0.1) is 0 Å². The van der Waals surface area contributed by atoms with Crippen LogP contribution in [0.4, 0.5) is 0 Å². The molecule has 1 spiro atoms. The fourth-order valence-corrected chi connectivity index (χ4v) is 6.12. The predicted molar refractivity (Wildman–Crippen MR) is 97.8 cm³/mol. The van der Waals surface area contributed by atoms with Crippen molar-refractivity contribution in [2.45, 2.75) is 72.0 Å². The Hall–Kier alpha value is -1.53. The highest BCUT2D eigenvalue weighted by molar-refractivity contribution is 6.33. The minimum Gasteiger partial charge on any atom is -0.511 e. The van der Waals surface area contributed by atoms with E-state index in [-0.39, 0.29) is 18.8 Å². The van der Waals surface area contributed by atoms with Gasteiger partial charge in [-0.25, -0.2) is 0 Å². The number of hydrogen-bond acceptors (Lipinski definition) is 6. The van der Waals surface area contributed by atoms with Crippen molar-refractivity contribution in [2.24, 2.45) is 28.6 Å². The lowest BCUT2D eigenvalue weighted by molar-refractivity contribution is -0.154. The van der Waals surface area contributed by atoms with Crippen LogP contribution < -0.4 is 0 Å². The topological polar surface area (TPSA) is 112 Å². The summed E-state index contributed by atoms with van der Waals surface area (Å²) in [5.74, 6) is -4.00. The summed E-state index contributed by atoms with van der Waals surface area (Å²) < 4.78 is 0. The van der Waals surface area contributed by atoms with Crippen LogP contribution in [0.15, 0.2) is 11.3 Å². The summed E-state index contributed by atoms with van der Waals surface area (Å²) in [6.45, 7) is 10.5. The van der Waals surface area contributed by atoms with Crippen LogP contribution in [-0.2, 0) is 14.4 Å². The number of aliphatic hydroxyl groups is 3. The van der Waals surface area contributed by atoms with Crippen LogP contribution in [0, 0.1) is 28.6 Å². The summed E-state index contributed by atoms with van der Waals surface area (Å²) in [5.41, 5.74) is -6.14. The molecule has 3 N–H and O–H groups in total. The Balaban J connectivity index is 2.27. The van der Waals surface area contributed by atoms with Gasteiger partial charge in [0.25, 0.3) is 0 Å². The van der Waals surface area contributed by atoms with Crippen molar-refractivity contribution in [3.63, 3.8) is 0 Å². The number of Topliss-reactive ketones (excluding diaryl/α,β-unsaturated/α-hetero) is 3. The minimum atomic E-state index is -2.42. The third-order valence-electron chi connectivity index (χ3n) is 7.73. The molecule has 0 aromatic heterocycles. The van der Waals surface area contributed by atoms with Crippen molar-refractivity contribution < 1.29 is 29.7 Å². The number of hydrogen-bond donors (Lipinski definition) is 3. The Kier molecular flexibility index (Phi) is 4.12. The summed E-state index contributed by atoms with van der Waals surface area (Å²) >= 11 is 0. The van der Waals surface area contributed by atoms with E-state index in [9.17, 15) is 29.7 Å². The lowest BCUT2D eigenvalue weighted by atomic mass is 9.67.